The van der Waals surface area contributed by atoms with E-state index in [0.717, 1.165) is 23.7 Å². The standard InChI is InChI=1S/C18H20ClN3O/c1-22(15-9-13-5-6-14(10-15)20-13)18(23)16-7-3-11-2-4-12(19)8-17(11)21-16/h2-4,7-8,13-15,20H,5-6,9-10H2,1H3. The van der Waals surface area contributed by atoms with Crippen LogP contribution in [0.25, 0.3) is 10.9 Å². The monoisotopic (exact) mass is 329 g/mol. The van der Waals surface area contributed by atoms with E-state index in [0.29, 0.717) is 28.8 Å². The molecule has 0 saturated carbocycles. The highest BCUT2D eigenvalue weighted by molar-refractivity contribution is 6.31. The van der Waals surface area contributed by atoms with Gasteiger partial charge < -0.3 is 10.2 Å². The summed E-state index contributed by atoms with van der Waals surface area (Å²) >= 11 is 6.03. The maximum Gasteiger partial charge on any atom is 0.272 e. The molecule has 5 heteroatoms. The molecular formula is C18H20ClN3O. The molecule has 0 aliphatic carbocycles. The lowest BCUT2D eigenvalue weighted by Gasteiger charge is -2.35. The first-order valence-electron chi connectivity index (χ1n) is 8.19. The molecule has 4 nitrogen and oxygen atoms in total. The second-order valence-corrected chi connectivity index (χ2v) is 7.15. The molecule has 120 valence electrons. The molecule has 3 heterocycles. The Morgan fingerprint density at radius 2 is 1.91 bits per heavy atom. The minimum atomic E-state index is -0.00169. The van der Waals surface area contributed by atoms with Crippen LogP contribution in [-0.4, -0.2) is 41.0 Å². The van der Waals surface area contributed by atoms with Gasteiger partial charge in [-0.25, -0.2) is 4.98 Å². The van der Waals surface area contributed by atoms with Crippen molar-refractivity contribution in [2.24, 2.45) is 0 Å². The molecule has 2 aliphatic heterocycles. The van der Waals surface area contributed by atoms with Gasteiger partial charge in [0.25, 0.3) is 5.91 Å². The SMILES string of the molecule is CN(C(=O)c1ccc2ccc(Cl)cc2n1)C1CC2CCC(C1)N2. The molecule has 23 heavy (non-hydrogen) atoms. The van der Waals surface area contributed by atoms with Crippen molar-refractivity contribution in [3.63, 3.8) is 0 Å². The van der Waals surface area contributed by atoms with Crippen LogP contribution in [0.2, 0.25) is 5.02 Å². The van der Waals surface area contributed by atoms with Gasteiger partial charge in [0.2, 0.25) is 0 Å². The molecule has 1 aromatic carbocycles. The zero-order chi connectivity index (χ0) is 16.0. The second-order valence-electron chi connectivity index (χ2n) is 6.71. The van der Waals surface area contributed by atoms with Gasteiger partial charge in [-0.15, -0.1) is 0 Å². The van der Waals surface area contributed by atoms with Crippen molar-refractivity contribution in [2.45, 2.75) is 43.8 Å². The van der Waals surface area contributed by atoms with Gasteiger partial charge in [0.05, 0.1) is 5.52 Å². The van der Waals surface area contributed by atoms with E-state index in [1.807, 2.05) is 36.2 Å². The van der Waals surface area contributed by atoms with E-state index in [9.17, 15) is 4.79 Å². The Labute approximate surface area is 140 Å². The first-order chi connectivity index (χ1) is 11.1. The van der Waals surface area contributed by atoms with Gasteiger partial charge >= 0.3 is 0 Å². The van der Waals surface area contributed by atoms with Crippen molar-refractivity contribution in [3.8, 4) is 0 Å². The summed E-state index contributed by atoms with van der Waals surface area (Å²) in [5.74, 6) is -0.00169. The van der Waals surface area contributed by atoms with Crippen LogP contribution in [0.4, 0.5) is 0 Å². The fraction of sp³-hybridized carbons (Fsp3) is 0.444. The van der Waals surface area contributed by atoms with Crippen molar-refractivity contribution in [1.82, 2.24) is 15.2 Å². The molecule has 1 N–H and O–H groups in total. The number of pyridine rings is 1. The summed E-state index contributed by atoms with van der Waals surface area (Å²) in [6.45, 7) is 0. The molecule has 2 bridgehead atoms. The summed E-state index contributed by atoms with van der Waals surface area (Å²) in [7, 11) is 1.90. The lowest BCUT2D eigenvalue weighted by atomic mass is 9.98. The maximum absolute atomic E-state index is 12.8. The van der Waals surface area contributed by atoms with Crippen LogP contribution >= 0.6 is 11.6 Å². The summed E-state index contributed by atoms with van der Waals surface area (Å²) < 4.78 is 0. The fourth-order valence-electron chi connectivity index (χ4n) is 3.90. The average Bonchev–Trinajstić information content (AvgIpc) is 2.90. The van der Waals surface area contributed by atoms with Crippen LogP contribution in [-0.2, 0) is 0 Å². The van der Waals surface area contributed by atoms with E-state index >= 15 is 0 Å². The summed E-state index contributed by atoms with van der Waals surface area (Å²) in [6.07, 6.45) is 4.54. The zero-order valence-corrected chi connectivity index (χ0v) is 13.9. The van der Waals surface area contributed by atoms with Crippen LogP contribution in [0.1, 0.15) is 36.2 Å². The summed E-state index contributed by atoms with van der Waals surface area (Å²) in [5, 5.41) is 5.25. The highest BCUT2D eigenvalue weighted by Gasteiger charge is 2.36. The van der Waals surface area contributed by atoms with Gasteiger partial charge in [-0.1, -0.05) is 23.7 Å². The predicted octanol–water partition coefficient (Wildman–Crippen LogP) is 3.24. The first-order valence-corrected chi connectivity index (χ1v) is 8.57. The van der Waals surface area contributed by atoms with E-state index in [2.05, 4.69) is 10.3 Å². The highest BCUT2D eigenvalue weighted by Crippen LogP contribution is 2.30. The third kappa shape index (κ3) is 2.81. The van der Waals surface area contributed by atoms with Crippen LogP contribution in [0.5, 0.6) is 0 Å². The van der Waals surface area contributed by atoms with Crippen molar-refractivity contribution in [2.75, 3.05) is 7.05 Å². The van der Waals surface area contributed by atoms with E-state index < -0.39 is 0 Å². The van der Waals surface area contributed by atoms with Crippen molar-refractivity contribution in [1.29, 1.82) is 0 Å². The van der Waals surface area contributed by atoms with Crippen molar-refractivity contribution < 1.29 is 4.79 Å². The minimum absolute atomic E-state index is 0.00169. The zero-order valence-electron chi connectivity index (χ0n) is 13.1. The molecular weight excluding hydrogens is 310 g/mol. The number of hydrogen-bond acceptors (Lipinski definition) is 3. The molecule has 2 fully saturated rings. The van der Waals surface area contributed by atoms with E-state index in [-0.39, 0.29) is 5.91 Å². The topological polar surface area (TPSA) is 45.2 Å². The average molecular weight is 330 g/mol. The quantitative estimate of drug-likeness (QED) is 0.920. The number of nitrogens with zero attached hydrogens (tertiary/aromatic N) is 2. The smallest absolute Gasteiger partial charge is 0.272 e. The molecule has 0 spiro atoms. The van der Waals surface area contributed by atoms with Gasteiger partial charge in [-0.2, -0.15) is 0 Å². The third-order valence-corrected chi connectivity index (χ3v) is 5.42. The Balaban J connectivity index is 1.58. The number of halogens is 1. The largest absolute Gasteiger partial charge is 0.337 e. The molecule has 2 aliphatic rings. The maximum atomic E-state index is 12.8. The van der Waals surface area contributed by atoms with Crippen LogP contribution in [0.15, 0.2) is 30.3 Å². The Bertz CT molecular complexity index is 751. The summed E-state index contributed by atoms with van der Waals surface area (Å²) in [5.41, 5.74) is 1.26. The number of amides is 1. The lowest BCUT2D eigenvalue weighted by molar-refractivity contribution is 0.0676. The van der Waals surface area contributed by atoms with Gasteiger partial charge in [-0.05, 0) is 43.9 Å². The molecule has 0 radical (unpaired) electrons. The van der Waals surface area contributed by atoms with Crippen LogP contribution < -0.4 is 5.32 Å². The Hall–Kier alpha value is -1.65. The predicted molar refractivity (Wildman–Crippen MR) is 91.8 cm³/mol. The second kappa shape index (κ2) is 5.77. The number of carbonyl (C=O) groups excluding carboxylic acids is 1. The Morgan fingerprint density at radius 1 is 1.22 bits per heavy atom. The minimum Gasteiger partial charge on any atom is -0.337 e. The Kier molecular flexibility index (Phi) is 3.74. The number of hydrogen-bond donors (Lipinski definition) is 1. The van der Waals surface area contributed by atoms with Gasteiger partial charge in [0.15, 0.2) is 0 Å². The number of carbonyl (C=O) groups is 1. The van der Waals surface area contributed by atoms with E-state index in [1.54, 1.807) is 6.07 Å². The highest BCUT2D eigenvalue weighted by atomic mass is 35.5. The molecule has 2 unspecified atom stereocenters. The number of piperidine rings is 1. The van der Waals surface area contributed by atoms with E-state index in [1.165, 1.54) is 12.8 Å². The molecule has 2 aromatic rings. The number of fused-ring (bicyclic) bond motifs is 3. The van der Waals surface area contributed by atoms with Gasteiger partial charge in [0.1, 0.15) is 5.69 Å². The number of nitrogens with one attached hydrogen (secondary N) is 1. The molecule has 2 atom stereocenters. The van der Waals surface area contributed by atoms with Crippen LogP contribution in [0.3, 0.4) is 0 Å². The summed E-state index contributed by atoms with van der Waals surface area (Å²) in [4.78, 5) is 19.2. The molecule has 1 amide bonds. The van der Waals surface area contributed by atoms with Gasteiger partial charge in [0, 0.05) is 35.6 Å². The number of rotatable bonds is 2. The normalized spacial score (nSPS) is 26.4. The van der Waals surface area contributed by atoms with Crippen LogP contribution in [0, 0.1) is 0 Å². The molecule has 1 aromatic heterocycles. The number of benzene rings is 1. The van der Waals surface area contributed by atoms with E-state index in [4.69, 9.17) is 11.6 Å². The molecule has 4 rings (SSSR count). The van der Waals surface area contributed by atoms with Crippen molar-refractivity contribution in [3.05, 3.63) is 41.0 Å². The summed E-state index contributed by atoms with van der Waals surface area (Å²) in [6, 6.07) is 10.7. The van der Waals surface area contributed by atoms with Gasteiger partial charge in [-0.3, -0.25) is 4.79 Å². The molecule has 2 saturated heterocycles. The fourth-order valence-corrected chi connectivity index (χ4v) is 4.07. The number of aromatic nitrogens is 1. The third-order valence-electron chi connectivity index (χ3n) is 5.19. The van der Waals surface area contributed by atoms with Crippen molar-refractivity contribution >= 4 is 28.4 Å². The Morgan fingerprint density at radius 3 is 2.65 bits per heavy atom. The first kappa shape index (κ1) is 14.9. The lowest BCUT2D eigenvalue weighted by Crippen LogP contribution is -2.48.